The van der Waals surface area contributed by atoms with E-state index in [0.29, 0.717) is 5.92 Å². The van der Waals surface area contributed by atoms with Crippen molar-refractivity contribution >= 4 is 0 Å². The number of fused-ring (bicyclic) bond motifs is 3. The summed E-state index contributed by atoms with van der Waals surface area (Å²) in [6.45, 7) is 4.72. The molecule has 3 aliphatic carbocycles. The van der Waals surface area contributed by atoms with Crippen LogP contribution >= 0.6 is 0 Å². The Kier molecular flexibility index (Phi) is 2.63. The lowest BCUT2D eigenvalue weighted by Crippen LogP contribution is -2.59. The Morgan fingerprint density at radius 3 is 2.86 bits per heavy atom. The number of hydrogen-bond acceptors (Lipinski definition) is 2. The van der Waals surface area contributed by atoms with Crippen molar-refractivity contribution in [2.24, 2.45) is 17.1 Å². The average molecular weight is 283 g/mol. The average Bonchev–Trinajstić information content (AvgIpc) is 2.65. The van der Waals surface area contributed by atoms with E-state index in [0.717, 1.165) is 12.2 Å². The van der Waals surface area contributed by atoms with Gasteiger partial charge in [-0.1, -0.05) is 24.6 Å². The van der Waals surface area contributed by atoms with E-state index in [4.69, 9.17) is 10.5 Å². The number of aryl methyl sites for hydroxylation is 1. The highest BCUT2D eigenvalue weighted by molar-refractivity contribution is 5.49. The predicted octanol–water partition coefficient (Wildman–Crippen LogP) is 3.58. The number of nitrogens with two attached hydrogens (primary N) is 1. The van der Waals surface area contributed by atoms with Crippen molar-refractivity contribution in [1.29, 1.82) is 0 Å². The van der Waals surface area contributed by atoms with Crippen molar-refractivity contribution in [3.05, 3.63) is 41.0 Å². The van der Waals surface area contributed by atoms with Crippen LogP contribution in [0.2, 0.25) is 0 Å². The summed E-state index contributed by atoms with van der Waals surface area (Å²) in [5.74, 6) is 1.58. The zero-order valence-corrected chi connectivity index (χ0v) is 13.3. The van der Waals surface area contributed by atoms with Gasteiger partial charge in [-0.2, -0.15) is 0 Å². The lowest BCUT2D eigenvalue weighted by molar-refractivity contribution is 0.0661. The van der Waals surface area contributed by atoms with Crippen LogP contribution < -0.4 is 10.5 Å². The molecule has 1 saturated carbocycles. The lowest BCUT2D eigenvalue weighted by atomic mass is 9.48. The Labute approximate surface area is 127 Å². The molecule has 1 unspecified atom stereocenters. The summed E-state index contributed by atoms with van der Waals surface area (Å²) in [6.07, 6.45) is 7.33. The summed E-state index contributed by atoms with van der Waals surface area (Å²) in [4.78, 5) is 0. The molecule has 3 aliphatic rings. The quantitative estimate of drug-likeness (QED) is 0.800. The Morgan fingerprint density at radius 1 is 1.29 bits per heavy atom. The van der Waals surface area contributed by atoms with Gasteiger partial charge in [-0.05, 0) is 61.8 Å². The van der Waals surface area contributed by atoms with Crippen LogP contribution in [0.1, 0.15) is 44.2 Å². The van der Waals surface area contributed by atoms with E-state index in [-0.39, 0.29) is 16.9 Å². The highest BCUT2D eigenvalue weighted by Gasteiger charge is 2.61. The predicted molar refractivity (Wildman–Crippen MR) is 85.6 cm³/mol. The maximum absolute atomic E-state index is 6.75. The molecule has 1 aromatic carbocycles. The van der Waals surface area contributed by atoms with Gasteiger partial charge in [0.25, 0.3) is 0 Å². The first-order valence-corrected chi connectivity index (χ1v) is 8.14. The second-order valence-corrected chi connectivity index (χ2v) is 7.45. The molecular weight excluding hydrogens is 258 g/mol. The molecule has 4 atom stereocenters. The van der Waals surface area contributed by atoms with E-state index < -0.39 is 0 Å². The first-order chi connectivity index (χ1) is 10.0. The first kappa shape index (κ1) is 13.4. The number of rotatable bonds is 1. The highest BCUT2D eigenvalue weighted by atomic mass is 16.5. The minimum Gasteiger partial charge on any atom is -0.497 e. The number of hydrogen-bond donors (Lipinski definition) is 1. The van der Waals surface area contributed by atoms with Crippen LogP contribution in [0.4, 0.5) is 0 Å². The Balaban J connectivity index is 1.93. The standard InChI is InChI=1S/C19H25NO/c1-12-11-19-9-6-13-4-5-14(21-3)10-16(13)18(19,2)8-7-15(12)17(19)20/h4-5,10-11,15,17H,6-9,20H2,1-3H3/t15-,17?,18+,19+/m1/s1. The van der Waals surface area contributed by atoms with Gasteiger partial charge in [0.05, 0.1) is 7.11 Å². The molecule has 0 saturated heterocycles. The minimum atomic E-state index is 0.152. The number of methoxy groups -OCH3 is 1. The fraction of sp³-hybridized carbons (Fsp3) is 0.579. The zero-order valence-electron chi connectivity index (χ0n) is 13.3. The minimum absolute atomic E-state index is 0.152. The van der Waals surface area contributed by atoms with Gasteiger partial charge in [-0.15, -0.1) is 0 Å². The molecule has 0 heterocycles. The van der Waals surface area contributed by atoms with E-state index in [1.165, 1.54) is 36.0 Å². The molecule has 2 heteroatoms. The molecular formula is C19H25NO. The van der Waals surface area contributed by atoms with Crippen LogP contribution in [-0.2, 0) is 11.8 Å². The number of ether oxygens (including phenoxy) is 1. The van der Waals surface area contributed by atoms with Crippen LogP contribution in [0, 0.1) is 11.3 Å². The van der Waals surface area contributed by atoms with Crippen LogP contribution in [0.5, 0.6) is 5.75 Å². The van der Waals surface area contributed by atoms with Gasteiger partial charge in [0.1, 0.15) is 5.75 Å². The SMILES string of the molecule is COc1ccc2c(c1)[C@]1(C)CC[C@@H]3C(C)=C[C@@]1(CC2)C3N. The monoisotopic (exact) mass is 283 g/mol. The molecule has 21 heavy (non-hydrogen) atoms. The molecule has 112 valence electrons. The van der Waals surface area contributed by atoms with E-state index in [1.807, 2.05) is 0 Å². The highest BCUT2D eigenvalue weighted by Crippen LogP contribution is 2.64. The Morgan fingerprint density at radius 2 is 2.10 bits per heavy atom. The van der Waals surface area contributed by atoms with E-state index in [2.05, 4.69) is 38.1 Å². The summed E-state index contributed by atoms with van der Waals surface area (Å²) in [6, 6.07) is 6.91. The van der Waals surface area contributed by atoms with E-state index in [9.17, 15) is 0 Å². The summed E-state index contributed by atoms with van der Waals surface area (Å²) < 4.78 is 5.48. The fourth-order valence-corrected chi connectivity index (χ4v) is 5.52. The zero-order chi connectivity index (χ0) is 14.8. The second-order valence-electron chi connectivity index (χ2n) is 7.45. The molecule has 0 amide bonds. The molecule has 1 spiro atoms. The van der Waals surface area contributed by atoms with Gasteiger partial charge in [0, 0.05) is 16.9 Å². The van der Waals surface area contributed by atoms with Gasteiger partial charge in [-0.25, -0.2) is 0 Å². The molecule has 0 radical (unpaired) electrons. The van der Waals surface area contributed by atoms with Gasteiger partial charge in [0.15, 0.2) is 0 Å². The van der Waals surface area contributed by atoms with Gasteiger partial charge < -0.3 is 10.5 Å². The third-order valence-corrected chi connectivity index (χ3v) is 6.80. The third kappa shape index (κ3) is 1.47. The van der Waals surface area contributed by atoms with Gasteiger partial charge in [-0.3, -0.25) is 0 Å². The molecule has 2 N–H and O–H groups in total. The molecule has 4 rings (SSSR count). The largest absolute Gasteiger partial charge is 0.497 e. The van der Waals surface area contributed by atoms with Crippen LogP contribution in [-0.4, -0.2) is 13.2 Å². The molecule has 0 aromatic heterocycles. The second kappa shape index (κ2) is 4.13. The maximum atomic E-state index is 6.75. The van der Waals surface area contributed by atoms with Gasteiger partial charge in [0.2, 0.25) is 0 Å². The number of benzene rings is 1. The van der Waals surface area contributed by atoms with Crippen molar-refractivity contribution in [1.82, 2.24) is 0 Å². The van der Waals surface area contributed by atoms with Crippen molar-refractivity contribution in [3.8, 4) is 5.75 Å². The molecule has 0 aliphatic heterocycles. The summed E-state index contributed by atoms with van der Waals surface area (Å²) in [7, 11) is 1.75. The van der Waals surface area contributed by atoms with Crippen LogP contribution in [0.15, 0.2) is 29.8 Å². The Hall–Kier alpha value is -1.28. The lowest BCUT2D eigenvalue weighted by Gasteiger charge is -2.56. The smallest absolute Gasteiger partial charge is 0.119 e. The topological polar surface area (TPSA) is 35.2 Å². The van der Waals surface area contributed by atoms with Crippen molar-refractivity contribution in [3.63, 3.8) is 0 Å². The molecule has 1 aromatic rings. The maximum Gasteiger partial charge on any atom is 0.119 e. The van der Waals surface area contributed by atoms with E-state index >= 15 is 0 Å². The van der Waals surface area contributed by atoms with Gasteiger partial charge >= 0.3 is 0 Å². The summed E-state index contributed by atoms with van der Waals surface area (Å²) in [5, 5.41) is 0. The van der Waals surface area contributed by atoms with E-state index in [1.54, 1.807) is 7.11 Å². The third-order valence-electron chi connectivity index (χ3n) is 6.80. The fourth-order valence-electron chi connectivity index (χ4n) is 5.52. The molecule has 2 bridgehead atoms. The molecule has 1 fully saturated rings. The van der Waals surface area contributed by atoms with Crippen molar-refractivity contribution in [2.45, 2.75) is 51.0 Å². The first-order valence-electron chi connectivity index (χ1n) is 8.14. The van der Waals surface area contributed by atoms with Crippen molar-refractivity contribution < 1.29 is 4.74 Å². The summed E-state index contributed by atoms with van der Waals surface area (Å²) >= 11 is 0. The summed E-state index contributed by atoms with van der Waals surface area (Å²) in [5.41, 5.74) is 11.6. The van der Waals surface area contributed by atoms with Crippen molar-refractivity contribution in [2.75, 3.05) is 7.11 Å². The normalized spacial score (nSPS) is 40.3. The molecule has 2 nitrogen and oxygen atoms in total. The van der Waals surface area contributed by atoms with Crippen LogP contribution in [0.25, 0.3) is 0 Å². The van der Waals surface area contributed by atoms with Crippen LogP contribution in [0.3, 0.4) is 0 Å². The Bertz CT molecular complexity index is 634.